The van der Waals surface area contributed by atoms with Gasteiger partial charge in [-0.1, -0.05) is 72.5 Å². The second-order valence-electron chi connectivity index (χ2n) is 5.81. The predicted octanol–water partition coefficient (Wildman–Crippen LogP) is 4.53. The zero-order valence-corrected chi connectivity index (χ0v) is 15.3. The van der Waals surface area contributed by atoms with Gasteiger partial charge in [-0.2, -0.15) is 0 Å². The summed E-state index contributed by atoms with van der Waals surface area (Å²) in [6.45, 7) is 0. The van der Waals surface area contributed by atoms with Crippen LogP contribution in [-0.2, 0) is 11.8 Å². The molecule has 0 amide bonds. The fourth-order valence-corrected chi connectivity index (χ4v) is 6.43. The number of carbonyl (C=O) groups is 1. The zero-order chi connectivity index (χ0) is 17.7. The smallest absolute Gasteiger partial charge is 0.163 e. The summed E-state index contributed by atoms with van der Waals surface area (Å²) >= 11 is 6.12. The summed E-state index contributed by atoms with van der Waals surface area (Å²) in [6.07, 6.45) is 0.971. The van der Waals surface area contributed by atoms with Crippen LogP contribution in [0.15, 0.2) is 84.9 Å². The lowest BCUT2D eigenvalue weighted by Crippen LogP contribution is -2.19. The summed E-state index contributed by atoms with van der Waals surface area (Å²) in [5.74, 6) is -0.337. The van der Waals surface area contributed by atoms with E-state index in [-0.39, 0.29) is 11.6 Å². The SMILES string of the molecule is O=C(CCP(=S)(c1ccccc1)c1ccccc1)c1ccc(F)cc1. The average Bonchev–Trinajstić information content (AvgIpc) is 2.68. The molecule has 1 nitrogen and oxygen atoms in total. The highest BCUT2D eigenvalue weighted by Gasteiger charge is 2.23. The van der Waals surface area contributed by atoms with E-state index < -0.39 is 6.04 Å². The van der Waals surface area contributed by atoms with Gasteiger partial charge in [-0.05, 0) is 41.0 Å². The lowest BCUT2D eigenvalue weighted by Gasteiger charge is -2.23. The maximum absolute atomic E-state index is 13.0. The monoisotopic (exact) mass is 368 g/mol. The van der Waals surface area contributed by atoms with Crippen LogP contribution in [0.2, 0.25) is 0 Å². The second-order valence-corrected chi connectivity index (χ2v) is 10.6. The van der Waals surface area contributed by atoms with E-state index in [2.05, 4.69) is 24.3 Å². The summed E-state index contributed by atoms with van der Waals surface area (Å²) in [7, 11) is 0. The minimum atomic E-state index is -2.07. The molecule has 3 rings (SSSR count). The fourth-order valence-electron chi connectivity index (χ4n) is 2.78. The molecule has 0 aliphatic carbocycles. The van der Waals surface area contributed by atoms with Crippen LogP contribution >= 0.6 is 6.04 Å². The molecule has 0 heterocycles. The van der Waals surface area contributed by atoms with Gasteiger partial charge in [-0.3, -0.25) is 4.79 Å². The Bertz CT molecular complexity index is 849. The Morgan fingerprint density at radius 1 is 0.800 bits per heavy atom. The number of ketones is 1. The van der Waals surface area contributed by atoms with Crippen LogP contribution in [0.1, 0.15) is 16.8 Å². The molecule has 0 spiro atoms. The molecule has 0 radical (unpaired) electrons. The van der Waals surface area contributed by atoms with E-state index in [9.17, 15) is 9.18 Å². The first-order valence-electron chi connectivity index (χ1n) is 8.09. The molecular formula is C21H18FOPS. The zero-order valence-electron chi connectivity index (χ0n) is 13.6. The number of benzene rings is 3. The molecule has 0 fully saturated rings. The van der Waals surface area contributed by atoms with E-state index in [4.69, 9.17) is 11.8 Å². The van der Waals surface area contributed by atoms with Crippen molar-refractivity contribution in [3.8, 4) is 0 Å². The van der Waals surface area contributed by atoms with Crippen LogP contribution in [0.4, 0.5) is 4.39 Å². The van der Waals surface area contributed by atoms with Crippen LogP contribution in [0.25, 0.3) is 0 Å². The summed E-state index contributed by atoms with van der Waals surface area (Å²) in [5, 5.41) is 2.23. The maximum atomic E-state index is 13.0. The highest BCUT2D eigenvalue weighted by Crippen LogP contribution is 2.44. The lowest BCUT2D eigenvalue weighted by atomic mass is 10.1. The van der Waals surface area contributed by atoms with Crippen molar-refractivity contribution in [3.63, 3.8) is 0 Å². The molecule has 4 heteroatoms. The molecule has 0 aliphatic heterocycles. The van der Waals surface area contributed by atoms with Crippen LogP contribution in [0, 0.1) is 5.82 Å². The highest BCUT2D eigenvalue weighted by molar-refractivity contribution is 8.21. The van der Waals surface area contributed by atoms with Gasteiger partial charge in [0.25, 0.3) is 0 Å². The topological polar surface area (TPSA) is 17.1 Å². The molecule has 126 valence electrons. The quantitative estimate of drug-likeness (QED) is 0.470. The molecule has 0 atom stereocenters. The summed E-state index contributed by atoms with van der Waals surface area (Å²) in [5.41, 5.74) is 0.532. The molecule has 0 N–H and O–H groups in total. The van der Waals surface area contributed by atoms with Gasteiger partial charge in [0.2, 0.25) is 0 Å². The van der Waals surface area contributed by atoms with Gasteiger partial charge in [-0.25, -0.2) is 4.39 Å². The third-order valence-electron chi connectivity index (χ3n) is 4.17. The Balaban J connectivity index is 1.88. The third-order valence-corrected chi connectivity index (χ3v) is 9.10. The average molecular weight is 368 g/mol. The Morgan fingerprint density at radius 2 is 1.28 bits per heavy atom. The molecular weight excluding hydrogens is 350 g/mol. The van der Waals surface area contributed by atoms with Crippen molar-refractivity contribution in [2.24, 2.45) is 0 Å². The first-order valence-corrected chi connectivity index (χ1v) is 11.1. The molecule has 25 heavy (non-hydrogen) atoms. The molecule has 3 aromatic rings. The van der Waals surface area contributed by atoms with Crippen molar-refractivity contribution < 1.29 is 9.18 Å². The Labute approximate surface area is 152 Å². The van der Waals surface area contributed by atoms with Gasteiger partial charge >= 0.3 is 0 Å². The number of Topliss-reactive ketones (excluding diaryl/α,β-unsaturated/α-hetero) is 1. The summed E-state index contributed by atoms with van der Waals surface area (Å²) < 4.78 is 13.0. The minimum absolute atomic E-state index is 0.00101. The Hall–Kier alpha value is -2.09. The molecule has 3 aromatic carbocycles. The van der Waals surface area contributed by atoms with Crippen molar-refractivity contribution in [2.75, 3.05) is 6.16 Å². The molecule has 0 aliphatic rings. The largest absolute Gasteiger partial charge is 0.294 e. The lowest BCUT2D eigenvalue weighted by molar-refractivity contribution is 0.0989. The van der Waals surface area contributed by atoms with Gasteiger partial charge in [0, 0.05) is 18.0 Å². The highest BCUT2D eigenvalue weighted by atomic mass is 32.4. The van der Waals surface area contributed by atoms with E-state index in [0.29, 0.717) is 18.1 Å². The number of rotatable bonds is 6. The number of hydrogen-bond acceptors (Lipinski definition) is 2. The van der Waals surface area contributed by atoms with Crippen molar-refractivity contribution in [1.29, 1.82) is 0 Å². The number of hydrogen-bond donors (Lipinski definition) is 0. The van der Waals surface area contributed by atoms with Crippen LogP contribution in [0.5, 0.6) is 0 Å². The van der Waals surface area contributed by atoms with Gasteiger partial charge in [0.15, 0.2) is 5.78 Å². The van der Waals surface area contributed by atoms with Crippen LogP contribution in [-0.4, -0.2) is 11.9 Å². The van der Waals surface area contributed by atoms with Gasteiger partial charge in [0.1, 0.15) is 5.82 Å². The van der Waals surface area contributed by atoms with E-state index in [0.717, 1.165) is 10.6 Å². The fraction of sp³-hybridized carbons (Fsp3) is 0.0952. The van der Waals surface area contributed by atoms with Gasteiger partial charge in [0.05, 0.1) is 0 Å². The van der Waals surface area contributed by atoms with Crippen molar-refractivity contribution in [3.05, 3.63) is 96.3 Å². The van der Waals surface area contributed by atoms with Crippen molar-refractivity contribution >= 4 is 34.2 Å². The van der Waals surface area contributed by atoms with Gasteiger partial charge < -0.3 is 0 Å². The van der Waals surface area contributed by atoms with E-state index in [1.165, 1.54) is 24.3 Å². The Kier molecular flexibility index (Phi) is 5.57. The predicted molar refractivity (Wildman–Crippen MR) is 107 cm³/mol. The third kappa shape index (κ3) is 4.12. The molecule has 0 unspecified atom stereocenters. The number of carbonyl (C=O) groups excluding carboxylic acids is 1. The molecule has 0 saturated carbocycles. The first-order chi connectivity index (χ1) is 12.1. The van der Waals surface area contributed by atoms with Gasteiger partial charge in [-0.15, -0.1) is 0 Å². The van der Waals surface area contributed by atoms with Crippen LogP contribution in [0.3, 0.4) is 0 Å². The molecule has 0 saturated heterocycles. The van der Waals surface area contributed by atoms with E-state index in [1.807, 2.05) is 36.4 Å². The normalized spacial score (nSPS) is 11.2. The second kappa shape index (κ2) is 7.86. The van der Waals surface area contributed by atoms with E-state index >= 15 is 0 Å². The first kappa shape index (κ1) is 17.7. The molecule has 0 bridgehead atoms. The molecule has 0 aromatic heterocycles. The summed E-state index contributed by atoms with van der Waals surface area (Å²) in [6, 6.07) is 23.7. The summed E-state index contributed by atoms with van der Waals surface area (Å²) in [4.78, 5) is 12.5. The van der Waals surface area contributed by atoms with E-state index in [1.54, 1.807) is 0 Å². The number of halogens is 1. The van der Waals surface area contributed by atoms with Crippen LogP contribution < -0.4 is 10.6 Å². The standard InChI is InChI=1S/C21H18FOPS/c22-18-13-11-17(12-14-18)21(23)15-16-24(25,19-7-3-1-4-8-19)20-9-5-2-6-10-20/h1-14H,15-16H2. The maximum Gasteiger partial charge on any atom is 0.163 e. The van der Waals surface area contributed by atoms with Crippen molar-refractivity contribution in [1.82, 2.24) is 0 Å². The minimum Gasteiger partial charge on any atom is -0.294 e. The Morgan fingerprint density at radius 3 is 1.76 bits per heavy atom. The van der Waals surface area contributed by atoms with Crippen molar-refractivity contribution in [2.45, 2.75) is 6.42 Å².